The molecule has 2 aliphatic carbocycles. The molecule has 0 aromatic carbocycles. The standard InChI is InChI=1S/C15H30O2Si.C9H16O2.CH4/c1-11-9-12(10-15(5,6)13(11)16)17-18(7,8)14(2,3)4;1-6-4-7(10)5-9(2,3)8(6)11;/h9,12-13,16H,10H2,1-8H3;4,7-8,10-11H,5H2,1-3H3;1H4/t12-,13+;7-,8+;/m11./s1. The first-order valence-corrected chi connectivity index (χ1v) is 13.8. The zero-order valence-electron chi connectivity index (χ0n) is 20.6. The fourth-order valence-corrected chi connectivity index (χ4v) is 5.30. The van der Waals surface area contributed by atoms with E-state index in [1.165, 1.54) is 0 Å². The van der Waals surface area contributed by atoms with Gasteiger partial charge in [-0.05, 0) is 66.8 Å². The van der Waals surface area contributed by atoms with Gasteiger partial charge in [0.2, 0.25) is 0 Å². The Kier molecular flexibility index (Phi) is 9.84. The summed E-state index contributed by atoms with van der Waals surface area (Å²) in [4.78, 5) is 0. The van der Waals surface area contributed by atoms with E-state index in [1.807, 2.05) is 27.7 Å². The van der Waals surface area contributed by atoms with E-state index in [0.717, 1.165) is 17.6 Å². The summed E-state index contributed by atoms with van der Waals surface area (Å²) in [5, 5.41) is 29.4. The minimum absolute atomic E-state index is 0. The van der Waals surface area contributed by atoms with Crippen LogP contribution in [0.1, 0.15) is 82.6 Å². The van der Waals surface area contributed by atoms with Gasteiger partial charge in [0.05, 0.1) is 24.4 Å². The Labute approximate surface area is 187 Å². The highest BCUT2D eigenvalue weighted by atomic mass is 28.4. The van der Waals surface area contributed by atoms with Crippen LogP contribution >= 0.6 is 0 Å². The zero-order chi connectivity index (χ0) is 23.0. The predicted molar refractivity (Wildman–Crippen MR) is 131 cm³/mol. The second-order valence-electron chi connectivity index (χ2n) is 12.0. The first-order chi connectivity index (χ1) is 12.8. The van der Waals surface area contributed by atoms with E-state index in [1.54, 1.807) is 6.08 Å². The summed E-state index contributed by atoms with van der Waals surface area (Å²) in [5.41, 5.74) is 1.66. The Hall–Kier alpha value is -0.463. The average Bonchev–Trinajstić information content (AvgIpc) is 2.48. The fourth-order valence-electron chi connectivity index (χ4n) is 4.04. The lowest BCUT2D eigenvalue weighted by molar-refractivity contribution is 0.0277. The Morgan fingerprint density at radius 1 is 0.867 bits per heavy atom. The Morgan fingerprint density at radius 2 is 1.27 bits per heavy atom. The molecular formula is C25H50O4Si. The Bertz CT molecular complexity index is 626. The van der Waals surface area contributed by atoms with Crippen molar-refractivity contribution in [2.24, 2.45) is 10.8 Å². The van der Waals surface area contributed by atoms with Crippen molar-refractivity contribution in [1.29, 1.82) is 0 Å². The Balaban J connectivity index is 0.000000603. The van der Waals surface area contributed by atoms with Crippen LogP contribution in [0.25, 0.3) is 0 Å². The lowest BCUT2D eigenvalue weighted by Crippen LogP contribution is -2.47. The summed E-state index contributed by atoms with van der Waals surface area (Å²) in [5.74, 6) is 0. The molecule has 0 unspecified atom stereocenters. The van der Waals surface area contributed by atoms with E-state index in [-0.39, 0.29) is 41.6 Å². The van der Waals surface area contributed by atoms with Crippen molar-refractivity contribution in [3.05, 3.63) is 23.3 Å². The number of hydrogen-bond acceptors (Lipinski definition) is 4. The van der Waals surface area contributed by atoms with Gasteiger partial charge in [-0.2, -0.15) is 0 Å². The molecule has 0 bridgehead atoms. The van der Waals surface area contributed by atoms with E-state index >= 15 is 0 Å². The summed E-state index contributed by atoms with van der Waals surface area (Å²) in [6.07, 6.45) is 4.44. The van der Waals surface area contributed by atoms with Gasteiger partial charge in [-0.25, -0.2) is 0 Å². The molecular weight excluding hydrogens is 392 g/mol. The first-order valence-electron chi connectivity index (χ1n) is 10.9. The van der Waals surface area contributed by atoms with Crippen molar-refractivity contribution >= 4 is 8.32 Å². The van der Waals surface area contributed by atoms with E-state index in [0.29, 0.717) is 6.42 Å². The van der Waals surface area contributed by atoms with Crippen molar-refractivity contribution in [3.63, 3.8) is 0 Å². The maximum atomic E-state index is 10.2. The van der Waals surface area contributed by atoms with Crippen LogP contribution in [0, 0.1) is 10.8 Å². The molecule has 0 saturated carbocycles. The third-order valence-corrected chi connectivity index (χ3v) is 11.5. The third-order valence-electron chi connectivity index (χ3n) is 6.96. The largest absolute Gasteiger partial charge is 0.411 e. The SMILES string of the molecule is C.CC1=C[C@@H](O)CC(C)(C)[C@H]1O.CC1=C[C@@H](O[Si](C)(C)C(C)(C)C)CC(C)(C)[C@H]1O. The molecule has 178 valence electrons. The molecule has 5 heteroatoms. The summed E-state index contributed by atoms with van der Waals surface area (Å²) in [6, 6.07) is 0. The van der Waals surface area contributed by atoms with Crippen LogP contribution in [0.5, 0.6) is 0 Å². The van der Waals surface area contributed by atoms with E-state index in [4.69, 9.17) is 4.43 Å². The quantitative estimate of drug-likeness (QED) is 0.371. The number of hydrogen-bond donors (Lipinski definition) is 3. The van der Waals surface area contributed by atoms with Gasteiger partial charge in [-0.1, -0.05) is 68.0 Å². The molecule has 0 aliphatic heterocycles. The number of aliphatic hydroxyl groups excluding tert-OH is 3. The molecule has 0 aromatic rings. The molecule has 4 nitrogen and oxygen atoms in total. The van der Waals surface area contributed by atoms with Crippen LogP contribution in [0.15, 0.2) is 23.3 Å². The number of aliphatic hydroxyl groups is 3. The molecule has 3 N–H and O–H groups in total. The fraction of sp³-hybridized carbons (Fsp3) is 0.840. The highest BCUT2D eigenvalue weighted by Crippen LogP contribution is 2.42. The molecule has 2 rings (SSSR count). The van der Waals surface area contributed by atoms with Gasteiger partial charge in [-0.15, -0.1) is 0 Å². The summed E-state index contributed by atoms with van der Waals surface area (Å²) in [7, 11) is -1.73. The average molecular weight is 443 g/mol. The van der Waals surface area contributed by atoms with E-state index in [9.17, 15) is 15.3 Å². The minimum Gasteiger partial charge on any atom is -0.411 e. The van der Waals surface area contributed by atoms with Gasteiger partial charge < -0.3 is 19.7 Å². The monoisotopic (exact) mass is 442 g/mol. The second kappa shape index (κ2) is 9.99. The summed E-state index contributed by atoms with van der Waals surface area (Å²) < 4.78 is 6.45. The molecule has 0 spiro atoms. The summed E-state index contributed by atoms with van der Waals surface area (Å²) in [6.45, 7) is 23.4. The number of rotatable bonds is 2. The van der Waals surface area contributed by atoms with Crippen LogP contribution in [-0.4, -0.2) is 48.1 Å². The highest BCUT2D eigenvalue weighted by Gasteiger charge is 2.42. The van der Waals surface area contributed by atoms with Crippen molar-refractivity contribution in [2.75, 3.05) is 0 Å². The molecule has 4 atom stereocenters. The van der Waals surface area contributed by atoms with E-state index in [2.05, 4.69) is 53.8 Å². The molecule has 2 aliphatic rings. The minimum atomic E-state index is -1.73. The van der Waals surface area contributed by atoms with Crippen LogP contribution in [0.3, 0.4) is 0 Å². The molecule has 0 radical (unpaired) electrons. The molecule has 0 saturated heterocycles. The van der Waals surface area contributed by atoms with Crippen LogP contribution in [-0.2, 0) is 4.43 Å². The Morgan fingerprint density at radius 3 is 1.63 bits per heavy atom. The maximum Gasteiger partial charge on any atom is 0.192 e. The van der Waals surface area contributed by atoms with Crippen molar-refractivity contribution in [2.45, 2.75) is 125 Å². The topological polar surface area (TPSA) is 69.9 Å². The molecule has 0 aromatic heterocycles. The van der Waals surface area contributed by atoms with Crippen LogP contribution in [0.2, 0.25) is 18.1 Å². The van der Waals surface area contributed by atoms with Crippen LogP contribution < -0.4 is 0 Å². The smallest absolute Gasteiger partial charge is 0.192 e. The third kappa shape index (κ3) is 7.30. The van der Waals surface area contributed by atoms with Gasteiger partial charge >= 0.3 is 0 Å². The summed E-state index contributed by atoms with van der Waals surface area (Å²) >= 11 is 0. The lowest BCUT2D eigenvalue weighted by atomic mass is 9.74. The van der Waals surface area contributed by atoms with Gasteiger partial charge in [-0.3, -0.25) is 0 Å². The van der Waals surface area contributed by atoms with Gasteiger partial charge in [0.1, 0.15) is 0 Å². The first kappa shape index (κ1) is 29.5. The van der Waals surface area contributed by atoms with Crippen molar-refractivity contribution in [1.82, 2.24) is 0 Å². The van der Waals surface area contributed by atoms with Gasteiger partial charge in [0.15, 0.2) is 8.32 Å². The van der Waals surface area contributed by atoms with Crippen LogP contribution in [0.4, 0.5) is 0 Å². The maximum absolute atomic E-state index is 10.2. The lowest BCUT2D eigenvalue weighted by Gasteiger charge is -2.44. The zero-order valence-corrected chi connectivity index (χ0v) is 21.6. The van der Waals surface area contributed by atoms with Gasteiger partial charge in [0, 0.05) is 0 Å². The highest BCUT2D eigenvalue weighted by molar-refractivity contribution is 6.74. The van der Waals surface area contributed by atoms with E-state index < -0.39 is 14.4 Å². The van der Waals surface area contributed by atoms with Crippen molar-refractivity contribution in [3.8, 4) is 0 Å². The molecule has 30 heavy (non-hydrogen) atoms. The van der Waals surface area contributed by atoms with Crippen molar-refractivity contribution < 1.29 is 19.7 Å². The molecule has 0 heterocycles. The second-order valence-corrected chi connectivity index (χ2v) is 16.8. The molecule has 0 amide bonds. The normalized spacial score (nSPS) is 30.9. The molecule has 0 fully saturated rings. The predicted octanol–water partition coefficient (Wildman–Crippen LogP) is 5.83. The van der Waals surface area contributed by atoms with Gasteiger partial charge in [0.25, 0.3) is 0 Å².